The van der Waals surface area contributed by atoms with Gasteiger partial charge in [0.05, 0.1) is 24.6 Å². The number of aliphatic hydroxyl groups excluding tert-OH is 1. The largest absolute Gasteiger partial charge is 0.395 e. The lowest BCUT2D eigenvalue weighted by Crippen LogP contribution is -2.30. The standard InChI is InChI=1S/C19H25ClN8O2/c20-16-9-24-19(26-15(7-22)8-23-3-4-29)27-18(16)25-14-5-12-10-28(11-13(12)6-14)17(30)1-2-21/h7-9,12-14,22-23,29H,1,3-6,10-11H2,(H2,24,25,26,27)/b15-8+,22-7?. The maximum atomic E-state index is 11.9. The smallest absolute Gasteiger partial charge is 0.236 e. The van der Waals surface area contributed by atoms with E-state index < -0.39 is 0 Å². The molecule has 30 heavy (non-hydrogen) atoms. The highest BCUT2D eigenvalue weighted by Gasteiger charge is 2.42. The minimum Gasteiger partial charge on any atom is -0.395 e. The Morgan fingerprint density at radius 3 is 2.80 bits per heavy atom. The van der Waals surface area contributed by atoms with Gasteiger partial charge < -0.3 is 31.4 Å². The average Bonchev–Trinajstić information content (AvgIpc) is 3.28. The molecule has 2 unspecified atom stereocenters. The van der Waals surface area contributed by atoms with Crippen molar-refractivity contribution in [3.63, 3.8) is 0 Å². The van der Waals surface area contributed by atoms with Gasteiger partial charge in [-0.2, -0.15) is 10.2 Å². The molecule has 2 heterocycles. The van der Waals surface area contributed by atoms with Gasteiger partial charge in [-0.25, -0.2) is 4.98 Å². The van der Waals surface area contributed by atoms with Crippen LogP contribution in [0.4, 0.5) is 11.8 Å². The van der Waals surface area contributed by atoms with Crippen LogP contribution in [-0.2, 0) is 4.79 Å². The molecule has 1 aliphatic heterocycles. The highest BCUT2D eigenvalue weighted by atomic mass is 35.5. The predicted molar refractivity (Wildman–Crippen MR) is 113 cm³/mol. The van der Waals surface area contributed by atoms with Crippen molar-refractivity contribution in [2.45, 2.75) is 25.3 Å². The lowest BCUT2D eigenvalue weighted by Gasteiger charge is -2.20. The second kappa shape index (κ2) is 10.2. The van der Waals surface area contributed by atoms with Gasteiger partial charge in [-0.05, 0) is 24.7 Å². The molecule has 5 N–H and O–H groups in total. The Morgan fingerprint density at radius 2 is 2.17 bits per heavy atom. The van der Waals surface area contributed by atoms with Crippen LogP contribution < -0.4 is 16.0 Å². The summed E-state index contributed by atoms with van der Waals surface area (Å²) in [5.41, 5.74) is 0.439. The Morgan fingerprint density at radius 1 is 1.43 bits per heavy atom. The quantitative estimate of drug-likeness (QED) is 0.288. The van der Waals surface area contributed by atoms with Gasteiger partial charge in [-0.3, -0.25) is 4.79 Å². The summed E-state index contributed by atoms with van der Waals surface area (Å²) in [6, 6.07) is 2.12. The minimum absolute atomic E-state index is 0.0130. The average molecular weight is 433 g/mol. The summed E-state index contributed by atoms with van der Waals surface area (Å²) >= 11 is 6.27. The number of halogens is 1. The first-order valence-corrected chi connectivity index (χ1v) is 10.2. The number of carbonyl (C=O) groups is 1. The third kappa shape index (κ3) is 5.37. The Bertz CT molecular complexity index is 841. The molecule has 1 amide bonds. The molecule has 0 radical (unpaired) electrons. The molecule has 1 saturated heterocycles. The molecule has 10 nitrogen and oxygen atoms in total. The summed E-state index contributed by atoms with van der Waals surface area (Å²) in [5.74, 6) is 1.55. The third-order valence-corrected chi connectivity index (χ3v) is 5.62. The first-order chi connectivity index (χ1) is 14.5. The van der Waals surface area contributed by atoms with Crippen molar-refractivity contribution in [2.75, 3.05) is 36.9 Å². The number of nitrogens with zero attached hydrogens (tertiary/aromatic N) is 4. The van der Waals surface area contributed by atoms with Crippen LogP contribution in [-0.4, -0.2) is 64.4 Å². The molecule has 1 aromatic rings. The van der Waals surface area contributed by atoms with E-state index in [1.54, 1.807) is 11.1 Å². The molecule has 1 aromatic heterocycles. The minimum atomic E-state index is -0.0884. The lowest BCUT2D eigenvalue weighted by atomic mass is 10.0. The molecule has 2 fully saturated rings. The van der Waals surface area contributed by atoms with Gasteiger partial charge in [-0.1, -0.05) is 11.6 Å². The molecular weight excluding hydrogens is 408 g/mol. The zero-order valence-electron chi connectivity index (χ0n) is 16.4. The van der Waals surface area contributed by atoms with Crippen LogP contribution in [0.15, 0.2) is 18.1 Å². The van der Waals surface area contributed by atoms with Crippen LogP contribution in [0.3, 0.4) is 0 Å². The first kappa shape index (κ1) is 21.8. The van der Waals surface area contributed by atoms with Crippen molar-refractivity contribution in [2.24, 2.45) is 11.8 Å². The Kier molecular flexibility index (Phi) is 7.43. The number of hydrogen-bond acceptors (Lipinski definition) is 9. The number of nitrogens with one attached hydrogen (secondary N) is 4. The maximum Gasteiger partial charge on any atom is 0.236 e. The van der Waals surface area contributed by atoms with Crippen molar-refractivity contribution in [1.82, 2.24) is 20.2 Å². The normalized spacial score (nSPS) is 22.9. The maximum absolute atomic E-state index is 11.9. The number of nitriles is 1. The molecular formula is C19H25ClN8O2. The summed E-state index contributed by atoms with van der Waals surface area (Å²) in [4.78, 5) is 22.3. The zero-order valence-corrected chi connectivity index (χ0v) is 17.2. The van der Waals surface area contributed by atoms with Crippen molar-refractivity contribution < 1.29 is 9.90 Å². The van der Waals surface area contributed by atoms with Crippen LogP contribution in [0.2, 0.25) is 5.02 Å². The number of aliphatic hydroxyl groups is 1. The highest BCUT2D eigenvalue weighted by molar-refractivity contribution is 6.32. The number of aromatic nitrogens is 2. The summed E-state index contributed by atoms with van der Waals surface area (Å²) in [5, 5.41) is 34.6. The molecule has 1 aliphatic carbocycles. The van der Waals surface area contributed by atoms with Crippen molar-refractivity contribution in [3.05, 3.63) is 23.1 Å². The van der Waals surface area contributed by atoms with Gasteiger partial charge >= 0.3 is 0 Å². The van der Waals surface area contributed by atoms with E-state index in [-0.39, 0.29) is 25.0 Å². The number of carbonyl (C=O) groups excluding carboxylic acids is 1. The molecule has 0 spiro atoms. The van der Waals surface area contributed by atoms with Gasteiger partial charge in [0.25, 0.3) is 0 Å². The SMILES string of the molecule is N#CCC(=O)N1CC2CC(Nc3nc(N/C(C=N)=C/NCCO)ncc3Cl)CC2C1. The van der Waals surface area contributed by atoms with Crippen molar-refractivity contribution >= 4 is 35.5 Å². The van der Waals surface area contributed by atoms with Crippen LogP contribution in [0.5, 0.6) is 0 Å². The van der Waals surface area contributed by atoms with E-state index in [0.29, 0.717) is 54.0 Å². The van der Waals surface area contributed by atoms with Crippen LogP contribution in [0.1, 0.15) is 19.3 Å². The molecule has 160 valence electrons. The fourth-order valence-electron chi connectivity index (χ4n) is 4.01. The van der Waals surface area contributed by atoms with E-state index in [0.717, 1.165) is 19.1 Å². The number of rotatable bonds is 9. The number of amides is 1. The first-order valence-electron chi connectivity index (χ1n) is 9.79. The van der Waals surface area contributed by atoms with E-state index in [9.17, 15) is 4.79 Å². The van der Waals surface area contributed by atoms with Crippen LogP contribution in [0, 0.1) is 28.6 Å². The van der Waals surface area contributed by atoms with Crippen LogP contribution in [0.25, 0.3) is 0 Å². The van der Waals surface area contributed by atoms with Gasteiger partial charge in [0, 0.05) is 38.1 Å². The van der Waals surface area contributed by atoms with Crippen LogP contribution >= 0.6 is 11.6 Å². The van der Waals surface area contributed by atoms with E-state index in [4.69, 9.17) is 27.4 Å². The van der Waals surface area contributed by atoms with Gasteiger partial charge in [-0.15, -0.1) is 0 Å². The number of fused-ring (bicyclic) bond motifs is 1. The number of likely N-dealkylation sites (tertiary alicyclic amines) is 1. The fraction of sp³-hybridized carbons (Fsp3) is 0.526. The number of hydrogen-bond donors (Lipinski definition) is 5. The topological polar surface area (TPSA) is 150 Å². The monoisotopic (exact) mass is 432 g/mol. The van der Waals surface area contributed by atoms with Gasteiger partial charge in [0.2, 0.25) is 11.9 Å². The molecule has 1 saturated carbocycles. The Balaban J connectivity index is 1.58. The zero-order chi connectivity index (χ0) is 21.5. The highest BCUT2D eigenvalue weighted by Crippen LogP contribution is 2.39. The van der Waals surface area contributed by atoms with Gasteiger partial charge in [0.1, 0.15) is 11.4 Å². The second-order valence-corrected chi connectivity index (χ2v) is 7.81. The van der Waals surface area contributed by atoms with Gasteiger partial charge in [0.15, 0.2) is 5.82 Å². The Hall–Kier alpha value is -2.90. The molecule has 2 aliphatic rings. The van der Waals surface area contributed by atoms with E-state index in [1.807, 2.05) is 6.07 Å². The van der Waals surface area contributed by atoms with Crippen molar-refractivity contribution in [1.29, 1.82) is 10.7 Å². The van der Waals surface area contributed by atoms with E-state index in [1.165, 1.54) is 6.20 Å². The summed E-state index contributed by atoms with van der Waals surface area (Å²) in [6.45, 7) is 1.75. The Labute approximate surface area is 179 Å². The third-order valence-electron chi connectivity index (χ3n) is 5.34. The lowest BCUT2D eigenvalue weighted by molar-refractivity contribution is -0.129. The fourth-order valence-corrected chi connectivity index (χ4v) is 4.16. The summed E-state index contributed by atoms with van der Waals surface area (Å²) < 4.78 is 0. The van der Waals surface area contributed by atoms with E-state index in [2.05, 4.69) is 25.9 Å². The summed E-state index contributed by atoms with van der Waals surface area (Å²) in [6.07, 6.45) is 5.93. The van der Waals surface area contributed by atoms with E-state index >= 15 is 0 Å². The molecule has 2 atom stereocenters. The molecule has 0 aromatic carbocycles. The molecule has 11 heteroatoms. The van der Waals surface area contributed by atoms with Crippen molar-refractivity contribution in [3.8, 4) is 6.07 Å². The second-order valence-electron chi connectivity index (χ2n) is 7.40. The number of anilines is 2. The molecule has 3 rings (SSSR count). The molecule has 0 bridgehead atoms. The number of allylic oxidation sites excluding steroid dienone is 1. The predicted octanol–water partition coefficient (Wildman–Crippen LogP) is 1.18. The summed E-state index contributed by atoms with van der Waals surface area (Å²) in [7, 11) is 0.